The molecule has 0 saturated carbocycles. The molecular weight excluding hydrogens is 452 g/mol. The molecule has 0 saturated heterocycles. The molecule has 0 aliphatic heterocycles. The number of hydrogen-bond donors (Lipinski definition) is 0. The van der Waals surface area contributed by atoms with Crippen LogP contribution in [-0.2, 0) is 13.2 Å². The Labute approximate surface area is 189 Å². The van der Waals surface area contributed by atoms with Crippen LogP contribution in [0.4, 0.5) is 17.6 Å². The van der Waals surface area contributed by atoms with E-state index in [0.29, 0.717) is 39.6 Å². The van der Waals surface area contributed by atoms with E-state index >= 15 is 0 Å². The first-order valence-electron chi connectivity index (χ1n) is 10.1. The first kappa shape index (κ1) is 21.6. The molecule has 0 amide bonds. The van der Waals surface area contributed by atoms with Crippen molar-refractivity contribution in [2.45, 2.75) is 6.18 Å². The van der Waals surface area contributed by atoms with Gasteiger partial charge in [-0.2, -0.15) is 13.2 Å². The molecule has 5 aromatic rings. The van der Waals surface area contributed by atoms with E-state index in [1.807, 2.05) is 0 Å². The Hall–Kier alpha value is -4.21. The number of methoxy groups -OCH3 is 1. The van der Waals surface area contributed by atoms with Crippen LogP contribution in [0.1, 0.15) is 5.56 Å². The van der Waals surface area contributed by atoms with E-state index in [1.54, 1.807) is 25.2 Å². The van der Waals surface area contributed by atoms with Gasteiger partial charge in [0, 0.05) is 24.1 Å². The predicted octanol–water partition coefficient (Wildman–Crippen LogP) is 5.11. The fourth-order valence-corrected chi connectivity index (χ4v) is 3.95. The largest absolute Gasteiger partial charge is 0.481 e. The van der Waals surface area contributed by atoms with Crippen LogP contribution >= 0.6 is 0 Å². The van der Waals surface area contributed by atoms with Gasteiger partial charge < -0.3 is 4.74 Å². The zero-order chi connectivity index (χ0) is 24.2. The van der Waals surface area contributed by atoms with Crippen LogP contribution < -0.4 is 10.4 Å². The summed E-state index contributed by atoms with van der Waals surface area (Å²) in [6.45, 7) is 0. The number of nitrogens with zero attached hydrogens (tertiary/aromatic N) is 4. The maximum absolute atomic E-state index is 14.6. The van der Waals surface area contributed by atoms with E-state index in [9.17, 15) is 22.4 Å². The Bertz CT molecular complexity index is 1620. The molecule has 0 fully saturated rings. The Balaban J connectivity index is 1.81. The number of halogens is 4. The third-order valence-electron chi connectivity index (χ3n) is 5.68. The number of alkyl halides is 3. The summed E-state index contributed by atoms with van der Waals surface area (Å²) in [5.74, 6) is -0.428. The van der Waals surface area contributed by atoms with Crippen LogP contribution in [0.2, 0.25) is 0 Å². The van der Waals surface area contributed by atoms with Gasteiger partial charge in [-0.05, 0) is 42.0 Å². The number of rotatable bonds is 3. The fourth-order valence-electron chi connectivity index (χ4n) is 3.95. The minimum absolute atomic E-state index is 0.204. The average molecular weight is 468 g/mol. The third-order valence-corrected chi connectivity index (χ3v) is 5.68. The number of aromatic nitrogens is 4. The van der Waals surface area contributed by atoms with Gasteiger partial charge in [-0.25, -0.2) is 14.2 Å². The average Bonchev–Trinajstić information content (AvgIpc) is 3.08. The minimum Gasteiger partial charge on any atom is -0.481 e. The second kappa shape index (κ2) is 7.68. The monoisotopic (exact) mass is 468 g/mol. The minimum atomic E-state index is -4.62. The molecule has 10 heteroatoms. The van der Waals surface area contributed by atoms with Gasteiger partial charge in [0.15, 0.2) is 0 Å². The van der Waals surface area contributed by atoms with Crippen LogP contribution in [-0.4, -0.2) is 26.2 Å². The van der Waals surface area contributed by atoms with Crippen molar-refractivity contribution in [3.63, 3.8) is 0 Å². The Kier molecular flexibility index (Phi) is 4.89. The van der Waals surface area contributed by atoms with E-state index < -0.39 is 17.6 Å². The van der Waals surface area contributed by atoms with Gasteiger partial charge in [0.1, 0.15) is 5.82 Å². The first-order chi connectivity index (χ1) is 16.2. The highest BCUT2D eigenvalue weighted by atomic mass is 19.4. The number of ether oxygens (including phenoxy) is 1. The van der Waals surface area contributed by atoms with Gasteiger partial charge in [-0.3, -0.25) is 14.1 Å². The summed E-state index contributed by atoms with van der Waals surface area (Å²) < 4.78 is 62.2. The van der Waals surface area contributed by atoms with Crippen molar-refractivity contribution in [1.82, 2.24) is 19.1 Å². The van der Waals surface area contributed by atoms with Crippen molar-refractivity contribution in [1.29, 1.82) is 0 Å². The van der Waals surface area contributed by atoms with Crippen molar-refractivity contribution in [2.24, 2.45) is 7.05 Å². The highest BCUT2D eigenvalue weighted by molar-refractivity contribution is 6.04. The van der Waals surface area contributed by atoms with Gasteiger partial charge in [0.2, 0.25) is 5.88 Å². The van der Waals surface area contributed by atoms with Gasteiger partial charge in [0.05, 0.1) is 47.3 Å². The molecule has 3 heterocycles. The van der Waals surface area contributed by atoms with Gasteiger partial charge in [0.25, 0.3) is 0 Å². The zero-order valence-corrected chi connectivity index (χ0v) is 17.9. The smallest absolute Gasteiger partial charge is 0.416 e. The molecule has 172 valence electrons. The lowest BCUT2D eigenvalue weighted by Gasteiger charge is -2.11. The number of pyridine rings is 2. The van der Waals surface area contributed by atoms with Gasteiger partial charge in [-0.15, -0.1) is 0 Å². The second-order valence-corrected chi connectivity index (χ2v) is 7.65. The van der Waals surface area contributed by atoms with Crippen LogP contribution in [0.5, 0.6) is 5.88 Å². The van der Waals surface area contributed by atoms with Crippen molar-refractivity contribution in [3.8, 4) is 22.7 Å². The van der Waals surface area contributed by atoms with Crippen LogP contribution in [0.15, 0.2) is 65.7 Å². The Morgan fingerprint density at radius 2 is 1.76 bits per heavy atom. The lowest BCUT2D eigenvalue weighted by molar-refractivity contribution is -0.137. The molecule has 0 aliphatic carbocycles. The van der Waals surface area contributed by atoms with Crippen molar-refractivity contribution >= 4 is 21.9 Å². The Morgan fingerprint density at radius 1 is 0.971 bits per heavy atom. The quantitative estimate of drug-likeness (QED) is 0.346. The summed E-state index contributed by atoms with van der Waals surface area (Å²) in [6, 6.07) is 10.2. The molecule has 6 nitrogen and oxygen atoms in total. The standard InChI is InChI=1S/C24H16F4N4O2/c1-31-20-12-29-19-7-3-13(16-10-14(24(26,27)28)4-6-18(16)25)9-17(19)22(20)32(23(31)33)15-5-8-21(34-2)30-11-15/h3-12H,1-2H3. The maximum atomic E-state index is 14.6. The molecule has 0 N–H and O–H groups in total. The topological polar surface area (TPSA) is 61.9 Å². The Morgan fingerprint density at radius 3 is 2.44 bits per heavy atom. The molecular formula is C24H16F4N4O2. The molecule has 3 aromatic heterocycles. The molecule has 34 heavy (non-hydrogen) atoms. The predicted molar refractivity (Wildman–Crippen MR) is 119 cm³/mol. The summed E-state index contributed by atoms with van der Waals surface area (Å²) in [7, 11) is 3.06. The molecule has 0 atom stereocenters. The number of benzene rings is 2. The molecule has 0 radical (unpaired) electrons. The maximum Gasteiger partial charge on any atom is 0.416 e. The summed E-state index contributed by atoms with van der Waals surface area (Å²) in [6.07, 6.45) is -1.60. The van der Waals surface area contributed by atoms with E-state index in [0.717, 1.165) is 12.1 Å². The van der Waals surface area contributed by atoms with Crippen molar-refractivity contribution in [2.75, 3.05) is 7.11 Å². The van der Waals surface area contributed by atoms with Crippen LogP contribution in [0.3, 0.4) is 0 Å². The zero-order valence-electron chi connectivity index (χ0n) is 17.9. The number of aryl methyl sites for hydroxylation is 1. The summed E-state index contributed by atoms with van der Waals surface area (Å²) >= 11 is 0. The molecule has 5 rings (SSSR count). The lowest BCUT2D eigenvalue weighted by atomic mass is 10.00. The lowest BCUT2D eigenvalue weighted by Crippen LogP contribution is -2.20. The van der Waals surface area contributed by atoms with Crippen LogP contribution in [0.25, 0.3) is 38.8 Å². The summed E-state index contributed by atoms with van der Waals surface area (Å²) in [5, 5.41) is 0.473. The normalized spacial score (nSPS) is 11.9. The highest BCUT2D eigenvalue weighted by Gasteiger charge is 2.31. The van der Waals surface area contributed by atoms with E-state index in [1.165, 1.54) is 40.8 Å². The van der Waals surface area contributed by atoms with Gasteiger partial charge in [-0.1, -0.05) is 6.07 Å². The van der Waals surface area contributed by atoms with Gasteiger partial charge >= 0.3 is 11.9 Å². The van der Waals surface area contributed by atoms with Crippen molar-refractivity contribution in [3.05, 3.63) is 82.8 Å². The van der Waals surface area contributed by atoms with E-state index in [4.69, 9.17) is 4.74 Å². The first-order valence-corrected chi connectivity index (χ1v) is 10.1. The molecule has 0 spiro atoms. The number of imidazole rings is 1. The second-order valence-electron chi connectivity index (χ2n) is 7.65. The number of fused-ring (bicyclic) bond motifs is 3. The highest BCUT2D eigenvalue weighted by Crippen LogP contribution is 2.35. The summed E-state index contributed by atoms with van der Waals surface area (Å²) in [5.41, 5.74) is 0.608. The molecule has 2 aromatic carbocycles. The molecule has 0 bridgehead atoms. The van der Waals surface area contributed by atoms with Crippen LogP contribution in [0, 0.1) is 5.82 Å². The van der Waals surface area contributed by atoms with Crippen molar-refractivity contribution < 1.29 is 22.3 Å². The third kappa shape index (κ3) is 3.38. The molecule has 0 unspecified atom stereocenters. The number of hydrogen-bond acceptors (Lipinski definition) is 4. The van der Waals surface area contributed by atoms with E-state index in [2.05, 4.69) is 9.97 Å². The SMILES string of the molecule is COc1ccc(-n2c(=O)n(C)c3cnc4ccc(-c5cc(C(F)(F)F)ccc5F)cc4c32)cn1. The van der Waals surface area contributed by atoms with E-state index in [-0.39, 0.29) is 16.8 Å². The fraction of sp³-hybridized carbons (Fsp3) is 0.125. The molecule has 0 aliphatic rings. The summed E-state index contributed by atoms with van der Waals surface area (Å²) in [4.78, 5) is 21.6.